The van der Waals surface area contributed by atoms with Crippen molar-refractivity contribution < 1.29 is 9.53 Å². The van der Waals surface area contributed by atoms with E-state index in [-0.39, 0.29) is 18.3 Å². The summed E-state index contributed by atoms with van der Waals surface area (Å²) < 4.78 is 5.67. The molecule has 8 heteroatoms. The third-order valence-electron chi connectivity index (χ3n) is 5.99. The first kappa shape index (κ1) is 28.4. The lowest BCUT2D eigenvalue weighted by Crippen LogP contribution is -2.34. The van der Waals surface area contributed by atoms with E-state index in [1.807, 2.05) is 0 Å². The molecule has 1 saturated heterocycles. The highest BCUT2D eigenvalue weighted by Crippen LogP contribution is 2.23. The fraction of sp³-hybridized carbons (Fsp3) is 0.593. The van der Waals surface area contributed by atoms with Gasteiger partial charge in [0.05, 0.1) is 6.61 Å². The van der Waals surface area contributed by atoms with Crippen molar-refractivity contribution in [3.63, 3.8) is 0 Å². The molecule has 0 unspecified atom stereocenters. The summed E-state index contributed by atoms with van der Waals surface area (Å²) in [7, 11) is 0. The van der Waals surface area contributed by atoms with Crippen molar-refractivity contribution >= 4 is 18.3 Å². The first-order valence-corrected chi connectivity index (χ1v) is 13.0. The summed E-state index contributed by atoms with van der Waals surface area (Å²) in [5.74, 6) is 0.606. The van der Waals surface area contributed by atoms with Crippen molar-refractivity contribution in [2.24, 2.45) is 21.6 Å². The number of nitrogens with zero attached hydrogens (tertiary/aromatic N) is 3. The van der Waals surface area contributed by atoms with E-state index in [1.54, 1.807) is 0 Å². The number of nitrogens with two attached hydrogens (primary N) is 1. The second kappa shape index (κ2) is 17.5. The molecular formula is C27H44N6O2. The monoisotopic (exact) mass is 484 g/mol. The Morgan fingerprint density at radius 3 is 2.71 bits per heavy atom. The number of allylic oxidation sites excluding steroid dienone is 5. The zero-order valence-corrected chi connectivity index (χ0v) is 21.5. The van der Waals surface area contributed by atoms with Gasteiger partial charge in [0.2, 0.25) is 5.91 Å². The predicted molar refractivity (Wildman–Crippen MR) is 145 cm³/mol. The van der Waals surface area contributed by atoms with Gasteiger partial charge in [0.15, 0.2) is 0 Å². The van der Waals surface area contributed by atoms with Crippen LogP contribution in [-0.4, -0.2) is 56.0 Å². The molecule has 1 saturated carbocycles. The number of amides is 1. The normalized spacial score (nSPS) is 22.1. The highest BCUT2D eigenvalue weighted by atomic mass is 16.5. The van der Waals surface area contributed by atoms with Crippen molar-refractivity contribution in [3.05, 3.63) is 48.0 Å². The van der Waals surface area contributed by atoms with Gasteiger partial charge in [-0.1, -0.05) is 62.1 Å². The highest BCUT2D eigenvalue weighted by Gasteiger charge is 2.15. The lowest BCUT2D eigenvalue weighted by molar-refractivity contribution is -0.118. The molecule has 8 nitrogen and oxygen atoms in total. The molecule has 3 rings (SSSR count). The first-order chi connectivity index (χ1) is 17.1. The second-order valence-corrected chi connectivity index (χ2v) is 9.15. The predicted octanol–water partition coefficient (Wildman–Crippen LogP) is 4.00. The molecular weight excluding hydrogens is 440 g/mol. The number of carbonyl (C=O) groups is 1. The van der Waals surface area contributed by atoms with Gasteiger partial charge in [-0.3, -0.25) is 20.0 Å². The molecule has 0 aromatic heterocycles. The Balaban J connectivity index is 0.000000258. The summed E-state index contributed by atoms with van der Waals surface area (Å²) >= 11 is 0. The van der Waals surface area contributed by atoms with E-state index in [0.717, 1.165) is 13.0 Å². The lowest BCUT2D eigenvalue weighted by atomic mass is 9.90. The number of amidine groups is 1. The van der Waals surface area contributed by atoms with Gasteiger partial charge in [-0.25, -0.2) is 0 Å². The quantitative estimate of drug-likeness (QED) is 0.474. The van der Waals surface area contributed by atoms with Crippen LogP contribution in [0.15, 0.2) is 58.0 Å². The molecule has 0 atom stereocenters. The van der Waals surface area contributed by atoms with Crippen LogP contribution in [0.2, 0.25) is 0 Å². The summed E-state index contributed by atoms with van der Waals surface area (Å²) in [5.41, 5.74) is 7.05. The van der Waals surface area contributed by atoms with E-state index in [2.05, 4.69) is 69.7 Å². The van der Waals surface area contributed by atoms with Crippen LogP contribution < -0.4 is 16.4 Å². The number of ether oxygens (including phenoxy) is 1. The van der Waals surface area contributed by atoms with Crippen molar-refractivity contribution in [2.75, 3.05) is 32.8 Å². The molecule has 0 spiro atoms. The average Bonchev–Trinajstić information content (AvgIpc) is 3.38. The van der Waals surface area contributed by atoms with E-state index in [0.29, 0.717) is 18.5 Å². The van der Waals surface area contributed by atoms with Crippen LogP contribution in [0.4, 0.5) is 0 Å². The molecule has 4 N–H and O–H groups in total. The molecule has 2 heterocycles. The fourth-order valence-electron chi connectivity index (χ4n) is 4.00. The van der Waals surface area contributed by atoms with Gasteiger partial charge >= 0.3 is 0 Å². The molecule has 1 aliphatic carbocycles. The smallest absolute Gasteiger partial charge is 0.296 e. The standard InChI is InChI=1S/C14H23N.C13H21N5O2/c1-3-4-5-9-14(2)10-8-13-15-11-6-7-12-15;14-11-6-16-12(19)7-15-9-17-13(18-11)20-8-10-4-2-1-3-5-10/h4-5,8-10H,3,6-7,11-13H2,1-2H3;6,9-10H,1-5,7-8,14H2,(H,16,19)(H,15,17,18)/b5-4-,10-8+,14-9-;11-6+. The number of aliphatic imine (C=N–C) groups is 2. The van der Waals surface area contributed by atoms with Crippen molar-refractivity contribution in [1.29, 1.82) is 0 Å². The number of hydrogen-bond donors (Lipinski definition) is 3. The third kappa shape index (κ3) is 13.6. The van der Waals surface area contributed by atoms with Gasteiger partial charge < -0.3 is 15.8 Å². The van der Waals surface area contributed by atoms with Crippen LogP contribution in [-0.2, 0) is 9.53 Å². The van der Waals surface area contributed by atoms with Crippen molar-refractivity contribution in [3.8, 4) is 0 Å². The Morgan fingerprint density at radius 1 is 1.20 bits per heavy atom. The molecule has 2 aliphatic heterocycles. The Kier molecular flexibility index (Phi) is 14.2. The molecule has 0 aromatic rings. The summed E-state index contributed by atoms with van der Waals surface area (Å²) in [5, 5.41) is 5.32. The number of nitrogens with one attached hydrogen (secondary N) is 2. The fourth-order valence-corrected chi connectivity index (χ4v) is 4.00. The zero-order valence-electron chi connectivity index (χ0n) is 21.5. The second-order valence-electron chi connectivity index (χ2n) is 9.15. The number of hydrogen-bond acceptors (Lipinski definition) is 7. The molecule has 0 aromatic carbocycles. The minimum Gasteiger partial charge on any atom is -0.464 e. The van der Waals surface area contributed by atoms with E-state index in [1.165, 1.54) is 76.1 Å². The molecule has 0 radical (unpaired) electrons. The largest absolute Gasteiger partial charge is 0.464 e. The van der Waals surface area contributed by atoms with E-state index in [4.69, 9.17) is 10.5 Å². The lowest BCUT2D eigenvalue weighted by Gasteiger charge is -2.22. The topological polar surface area (TPSA) is 104 Å². The zero-order chi connectivity index (χ0) is 25.1. The van der Waals surface area contributed by atoms with Crippen LogP contribution in [0.25, 0.3) is 0 Å². The van der Waals surface area contributed by atoms with Crippen LogP contribution >= 0.6 is 0 Å². The molecule has 194 valence electrons. The van der Waals surface area contributed by atoms with Gasteiger partial charge in [0.1, 0.15) is 18.7 Å². The minimum absolute atomic E-state index is 0.0170. The molecule has 35 heavy (non-hydrogen) atoms. The van der Waals surface area contributed by atoms with Gasteiger partial charge in [0.25, 0.3) is 6.02 Å². The van der Waals surface area contributed by atoms with Gasteiger partial charge in [0, 0.05) is 12.7 Å². The van der Waals surface area contributed by atoms with E-state index in [9.17, 15) is 4.79 Å². The maximum absolute atomic E-state index is 11.2. The Bertz CT molecular complexity index is 800. The van der Waals surface area contributed by atoms with Crippen molar-refractivity contribution in [1.82, 2.24) is 15.5 Å². The Morgan fingerprint density at radius 2 is 1.97 bits per heavy atom. The minimum atomic E-state index is -0.243. The number of carbonyl (C=O) groups excluding carboxylic acids is 1. The maximum atomic E-state index is 11.2. The Labute approximate surface area is 211 Å². The number of likely N-dealkylation sites (tertiary alicyclic amines) is 1. The van der Waals surface area contributed by atoms with Gasteiger partial charge in [-0.2, -0.15) is 4.99 Å². The third-order valence-corrected chi connectivity index (χ3v) is 5.99. The maximum Gasteiger partial charge on any atom is 0.296 e. The first-order valence-electron chi connectivity index (χ1n) is 13.0. The van der Waals surface area contributed by atoms with Crippen LogP contribution in [0.5, 0.6) is 0 Å². The number of rotatable bonds is 7. The molecule has 0 bridgehead atoms. The molecule has 1 amide bonds. The van der Waals surface area contributed by atoms with Crippen molar-refractivity contribution in [2.45, 2.75) is 65.2 Å². The summed E-state index contributed by atoms with van der Waals surface area (Å²) in [6.07, 6.45) is 23.8. The average molecular weight is 485 g/mol. The van der Waals surface area contributed by atoms with Crippen LogP contribution in [0.3, 0.4) is 0 Å². The summed E-state index contributed by atoms with van der Waals surface area (Å²) in [4.78, 5) is 21.6. The molecule has 3 aliphatic rings. The molecule has 2 fully saturated rings. The summed E-state index contributed by atoms with van der Waals surface area (Å²) in [6, 6.07) is 0.309. The van der Waals surface area contributed by atoms with E-state index < -0.39 is 0 Å². The van der Waals surface area contributed by atoms with Crippen LogP contribution in [0.1, 0.15) is 65.2 Å². The SMILES string of the molecule is CC\C=C/C=C(C)\C=C\CN1CCCC1.N/C1=C\NC(=O)CN=CN=C(OCC2CCCCC2)N1. The highest BCUT2D eigenvalue weighted by molar-refractivity contribution is 5.86. The van der Waals surface area contributed by atoms with Gasteiger partial charge in [-0.15, -0.1) is 0 Å². The van der Waals surface area contributed by atoms with E-state index >= 15 is 0 Å². The van der Waals surface area contributed by atoms with Gasteiger partial charge in [-0.05, 0) is 58.0 Å². The van der Waals surface area contributed by atoms with Crippen LogP contribution in [0, 0.1) is 5.92 Å². The Hall–Kier alpha value is -2.87. The summed E-state index contributed by atoms with van der Waals surface area (Å²) in [6.45, 7) is 8.63.